The van der Waals surface area contributed by atoms with E-state index in [0.717, 1.165) is 69.7 Å². The molecule has 2 amide bonds. The summed E-state index contributed by atoms with van der Waals surface area (Å²) in [6.45, 7) is 19.3. The number of fused-ring (bicyclic) bond motifs is 1. The fourth-order valence-corrected chi connectivity index (χ4v) is 7.50. The molecular formula is C37H53FN6O2. The Bertz CT molecular complexity index is 1530. The van der Waals surface area contributed by atoms with Gasteiger partial charge in [-0.25, -0.2) is 4.39 Å². The molecule has 2 atom stereocenters. The van der Waals surface area contributed by atoms with Gasteiger partial charge < -0.3 is 14.4 Å². The van der Waals surface area contributed by atoms with E-state index in [0.29, 0.717) is 29.1 Å². The highest BCUT2D eigenvalue weighted by atomic mass is 19.1. The minimum atomic E-state index is -0.420. The minimum Gasteiger partial charge on any atom is -0.340 e. The first-order valence-electron chi connectivity index (χ1n) is 17.2. The van der Waals surface area contributed by atoms with E-state index in [2.05, 4.69) is 41.8 Å². The fraction of sp³-hybridized carbons (Fsp3) is 0.595. The number of aromatic nitrogens is 2. The van der Waals surface area contributed by atoms with Crippen LogP contribution in [0.1, 0.15) is 75.4 Å². The normalized spacial score (nSPS) is 18.7. The molecule has 1 aromatic carbocycles. The molecule has 2 aliphatic heterocycles. The van der Waals surface area contributed by atoms with Crippen LogP contribution in [0.2, 0.25) is 0 Å². The van der Waals surface area contributed by atoms with Gasteiger partial charge in [-0.1, -0.05) is 13.8 Å². The van der Waals surface area contributed by atoms with Crippen LogP contribution in [0.3, 0.4) is 0 Å². The van der Waals surface area contributed by atoms with Crippen LogP contribution in [0.5, 0.6) is 0 Å². The molecule has 5 rings (SSSR count). The highest BCUT2D eigenvalue weighted by Gasteiger charge is 2.31. The Morgan fingerprint density at radius 3 is 2.48 bits per heavy atom. The van der Waals surface area contributed by atoms with E-state index in [1.807, 2.05) is 35.7 Å². The maximum absolute atomic E-state index is 14.5. The number of pyridine rings is 1. The molecule has 3 aromatic rings. The van der Waals surface area contributed by atoms with E-state index in [4.69, 9.17) is 0 Å². The molecule has 9 heteroatoms. The van der Waals surface area contributed by atoms with Gasteiger partial charge in [0.15, 0.2) is 0 Å². The summed E-state index contributed by atoms with van der Waals surface area (Å²) < 4.78 is 16.5. The van der Waals surface area contributed by atoms with E-state index in [1.54, 1.807) is 24.9 Å². The summed E-state index contributed by atoms with van der Waals surface area (Å²) in [6.07, 6.45) is 10.4. The van der Waals surface area contributed by atoms with Crippen molar-refractivity contribution in [2.75, 3.05) is 52.9 Å². The number of carbonyl (C=O) groups is 2. The maximum Gasteiger partial charge on any atom is 0.256 e. The number of hydrogen-bond acceptors (Lipinski definition) is 5. The van der Waals surface area contributed by atoms with Crippen LogP contribution < -0.4 is 0 Å². The fourth-order valence-electron chi connectivity index (χ4n) is 7.50. The molecule has 2 aliphatic rings. The lowest BCUT2D eigenvalue weighted by Crippen LogP contribution is -2.48. The summed E-state index contributed by atoms with van der Waals surface area (Å²) in [5, 5.41) is 1.18. The number of halogens is 1. The molecule has 0 unspecified atom stereocenters. The van der Waals surface area contributed by atoms with Crippen molar-refractivity contribution in [3.63, 3.8) is 0 Å². The molecule has 2 fully saturated rings. The lowest BCUT2D eigenvalue weighted by Gasteiger charge is -2.35. The number of nitrogens with zero attached hydrogens (tertiary/aromatic N) is 6. The van der Waals surface area contributed by atoms with Crippen molar-refractivity contribution in [2.45, 2.75) is 79.3 Å². The Morgan fingerprint density at radius 1 is 1.07 bits per heavy atom. The van der Waals surface area contributed by atoms with Crippen LogP contribution in [0.25, 0.3) is 16.6 Å². The number of amides is 2. The molecule has 2 saturated heterocycles. The third-order valence-corrected chi connectivity index (χ3v) is 10.4. The minimum absolute atomic E-state index is 0.00653. The predicted octanol–water partition coefficient (Wildman–Crippen LogP) is 5.79. The Kier molecular flexibility index (Phi) is 10.8. The molecule has 250 valence electrons. The van der Waals surface area contributed by atoms with Gasteiger partial charge in [-0.2, -0.15) is 0 Å². The van der Waals surface area contributed by atoms with Crippen molar-refractivity contribution < 1.29 is 14.0 Å². The first-order chi connectivity index (χ1) is 21.9. The van der Waals surface area contributed by atoms with E-state index < -0.39 is 5.82 Å². The van der Waals surface area contributed by atoms with E-state index in [1.165, 1.54) is 35.9 Å². The summed E-state index contributed by atoms with van der Waals surface area (Å²) >= 11 is 0. The zero-order valence-corrected chi connectivity index (χ0v) is 28.9. The summed E-state index contributed by atoms with van der Waals surface area (Å²) in [6, 6.07) is 5.06. The highest BCUT2D eigenvalue weighted by Crippen LogP contribution is 2.34. The van der Waals surface area contributed by atoms with Crippen molar-refractivity contribution in [1.82, 2.24) is 29.2 Å². The van der Waals surface area contributed by atoms with Crippen molar-refractivity contribution >= 4 is 22.7 Å². The van der Waals surface area contributed by atoms with Gasteiger partial charge in [0.25, 0.3) is 5.91 Å². The number of aryl methyl sites for hydroxylation is 1. The zero-order chi connectivity index (χ0) is 33.1. The molecule has 4 heterocycles. The van der Waals surface area contributed by atoms with Crippen molar-refractivity contribution in [3.05, 3.63) is 59.3 Å². The molecule has 0 spiro atoms. The van der Waals surface area contributed by atoms with Gasteiger partial charge in [0.1, 0.15) is 5.82 Å². The molecule has 8 nitrogen and oxygen atoms in total. The standard InChI is InChI=1S/C37H53FN6O2/c1-25(2)33(9-8-13-41-15-17-42(18-16-41)28(6)45)43-14-12-29(23-43)19-30-24-44(35-22-39-21-27(5)36(30)35)34-11-10-31(38)20-32(34)37(46)40(7)26(3)4/h10-11,20-22,24-26,29,33H,8-9,12-19,23H2,1-7H3/t29-,33+/m1/s1. The molecule has 0 aliphatic carbocycles. The van der Waals surface area contributed by atoms with Gasteiger partial charge in [0.2, 0.25) is 5.91 Å². The molecule has 0 saturated carbocycles. The number of hydrogen-bond donors (Lipinski definition) is 0. The average Bonchev–Trinajstić information content (AvgIpc) is 3.64. The number of piperazine rings is 1. The lowest BCUT2D eigenvalue weighted by atomic mass is 9.96. The van der Waals surface area contributed by atoms with Crippen LogP contribution in [-0.4, -0.2) is 106 Å². The second-order valence-electron chi connectivity index (χ2n) is 14.2. The average molecular weight is 633 g/mol. The van der Waals surface area contributed by atoms with Gasteiger partial charge in [0.05, 0.1) is 23.0 Å². The monoisotopic (exact) mass is 632 g/mol. The predicted molar refractivity (Wildman–Crippen MR) is 183 cm³/mol. The lowest BCUT2D eigenvalue weighted by molar-refractivity contribution is -0.130. The van der Waals surface area contributed by atoms with Crippen LogP contribution in [0.15, 0.2) is 36.8 Å². The SMILES string of the molecule is CC(=O)N1CCN(CCC[C@@H](C(C)C)N2CC[C@H](Cc3cn(-c4ccc(F)cc4C(=O)N(C)C(C)C)c4cncc(C)c34)C2)CC1. The molecular weight excluding hydrogens is 579 g/mol. The van der Waals surface area contributed by atoms with Crippen molar-refractivity contribution in [1.29, 1.82) is 0 Å². The number of carbonyl (C=O) groups excluding carboxylic acids is 2. The molecule has 0 bridgehead atoms. The first-order valence-corrected chi connectivity index (χ1v) is 17.2. The van der Waals surface area contributed by atoms with Crippen LogP contribution in [0, 0.1) is 24.6 Å². The third-order valence-electron chi connectivity index (χ3n) is 10.4. The van der Waals surface area contributed by atoms with Gasteiger partial charge >= 0.3 is 0 Å². The second kappa shape index (κ2) is 14.6. The zero-order valence-electron chi connectivity index (χ0n) is 28.9. The van der Waals surface area contributed by atoms with Crippen molar-refractivity contribution in [3.8, 4) is 5.69 Å². The smallest absolute Gasteiger partial charge is 0.256 e. The van der Waals surface area contributed by atoms with Gasteiger partial charge in [-0.05, 0) is 101 Å². The topological polar surface area (TPSA) is 64.9 Å². The van der Waals surface area contributed by atoms with Crippen molar-refractivity contribution in [2.24, 2.45) is 11.8 Å². The molecule has 0 N–H and O–H groups in total. The summed E-state index contributed by atoms with van der Waals surface area (Å²) in [5.41, 5.74) is 4.35. The highest BCUT2D eigenvalue weighted by molar-refractivity contribution is 5.99. The van der Waals surface area contributed by atoms with E-state index >= 15 is 0 Å². The second-order valence-corrected chi connectivity index (χ2v) is 14.2. The van der Waals surface area contributed by atoms with Gasteiger partial charge in [-0.3, -0.25) is 24.4 Å². The van der Waals surface area contributed by atoms with Crippen LogP contribution in [-0.2, 0) is 11.2 Å². The van der Waals surface area contributed by atoms with Crippen LogP contribution in [0.4, 0.5) is 4.39 Å². The Balaban J connectivity index is 1.30. The number of benzene rings is 1. The van der Waals surface area contributed by atoms with Crippen LogP contribution >= 0.6 is 0 Å². The third kappa shape index (κ3) is 7.46. The summed E-state index contributed by atoms with van der Waals surface area (Å²) in [4.78, 5) is 38.5. The molecule has 0 radical (unpaired) electrons. The van der Waals surface area contributed by atoms with Gasteiger partial charge in [-0.15, -0.1) is 0 Å². The number of likely N-dealkylation sites (tertiary alicyclic amines) is 1. The number of rotatable bonds is 11. The molecule has 2 aromatic heterocycles. The van der Waals surface area contributed by atoms with E-state index in [9.17, 15) is 14.0 Å². The van der Waals surface area contributed by atoms with Gasteiger partial charge in [0, 0.05) is 76.6 Å². The maximum atomic E-state index is 14.5. The first kappa shape index (κ1) is 34.0. The Hall–Kier alpha value is -3.30. The summed E-state index contributed by atoms with van der Waals surface area (Å²) in [5.74, 6) is 0.690. The quantitative estimate of drug-likeness (QED) is 0.268. The summed E-state index contributed by atoms with van der Waals surface area (Å²) in [7, 11) is 1.76. The Morgan fingerprint density at radius 2 is 1.80 bits per heavy atom. The van der Waals surface area contributed by atoms with E-state index in [-0.39, 0.29) is 17.9 Å². The Labute approximate surface area is 274 Å². The molecule has 46 heavy (non-hydrogen) atoms. The largest absolute Gasteiger partial charge is 0.340 e.